The Morgan fingerprint density at radius 1 is 1.29 bits per heavy atom. The number of hydrogen-bond donors (Lipinski definition) is 2. The predicted molar refractivity (Wildman–Crippen MR) is 79.4 cm³/mol. The molecule has 0 fully saturated rings. The van der Waals surface area contributed by atoms with Crippen LogP contribution in [0.3, 0.4) is 0 Å². The van der Waals surface area contributed by atoms with E-state index in [1.165, 1.54) is 28.0 Å². The average molecular weight is 287 g/mol. The highest BCUT2D eigenvalue weighted by atomic mass is 19.1. The summed E-state index contributed by atoms with van der Waals surface area (Å²) < 4.78 is 13.3. The van der Waals surface area contributed by atoms with Gasteiger partial charge in [-0.15, -0.1) is 0 Å². The van der Waals surface area contributed by atoms with Gasteiger partial charge in [-0.05, 0) is 18.2 Å². The third-order valence-electron chi connectivity index (χ3n) is 3.48. The second-order valence-electron chi connectivity index (χ2n) is 4.87. The van der Waals surface area contributed by atoms with Gasteiger partial charge in [0.2, 0.25) is 0 Å². The first-order valence-corrected chi connectivity index (χ1v) is 6.32. The summed E-state index contributed by atoms with van der Waals surface area (Å²) in [6.07, 6.45) is 1.63. The van der Waals surface area contributed by atoms with Gasteiger partial charge in [0.1, 0.15) is 11.6 Å². The molecule has 0 aliphatic carbocycles. The molecular weight excluding hydrogens is 273 g/mol. The number of aromatic nitrogens is 1. The van der Waals surface area contributed by atoms with Gasteiger partial charge in [0.25, 0.3) is 0 Å². The number of fused-ring (bicyclic) bond motifs is 1. The van der Waals surface area contributed by atoms with Crippen LogP contribution in [-0.2, 0) is 6.54 Å². The first kappa shape index (κ1) is 13.2. The zero-order chi connectivity index (χ0) is 15.1. The van der Waals surface area contributed by atoms with Gasteiger partial charge in [0.15, 0.2) is 0 Å². The van der Waals surface area contributed by atoms with Crippen molar-refractivity contribution in [2.75, 3.05) is 28.3 Å². The molecule has 0 saturated carbocycles. The summed E-state index contributed by atoms with van der Waals surface area (Å²) in [6, 6.07) is 5.63. The fraction of sp³-hybridized carbons (Fsp3) is 0.143. The molecule has 6 nitrogen and oxygen atoms in total. The first-order valence-electron chi connectivity index (χ1n) is 6.32. The fourth-order valence-electron chi connectivity index (χ4n) is 2.35. The van der Waals surface area contributed by atoms with E-state index in [9.17, 15) is 9.18 Å². The molecule has 0 unspecified atom stereocenters. The third kappa shape index (κ3) is 2.12. The van der Waals surface area contributed by atoms with Crippen molar-refractivity contribution in [3.05, 3.63) is 41.8 Å². The van der Waals surface area contributed by atoms with E-state index in [0.717, 1.165) is 11.3 Å². The lowest BCUT2D eigenvalue weighted by Crippen LogP contribution is -2.45. The van der Waals surface area contributed by atoms with Crippen molar-refractivity contribution < 1.29 is 9.18 Å². The Morgan fingerprint density at radius 2 is 2.05 bits per heavy atom. The summed E-state index contributed by atoms with van der Waals surface area (Å²) in [5.41, 5.74) is 13.3. The van der Waals surface area contributed by atoms with Crippen LogP contribution < -0.4 is 21.3 Å². The molecule has 0 atom stereocenters. The summed E-state index contributed by atoms with van der Waals surface area (Å²) in [7, 11) is 1.65. The molecule has 21 heavy (non-hydrogen) atoms. The van der Waals surface area contributed by atoms with E-state index in [4.69, 9.17) is 11.5 Å². The lowest BCUT2D eigenvalue weighted by Gasteiger charge is -2.35. The van der Waals surface area contributed by atoms with Crippen molar-refractivity contribution in [1.29, 1.82) is 0 Å². The number of carbonyl (C=O) groups excluding carboxylic acids is 1. The Hall–Kier alpha value is -2.83. The second kappa shape index (κ2) is 4.62. The van der Waals surface area contributed by atoms with E-state index in [2.05, 4.69) is 4.98 Å². The number of rotatable bonds is 1. The van der Waals surface area contributed by atoms with Crippen LogP contribution in [0, 0.1) is 5.82 Å². The fourth-order valence-corrected chi connectivity index (χ4v) is 2.35. The van der Waals surface area contributed by atoms with E-state index >= 15 is 0 Å². The molecule has 0 spiro atoms. The van der Waals surface area contributed by atoms with Crippen molar-refractivity contribution in [3.63, 3.8) is 0 Å². The summed E-state index contributed by atoms with van der Waals surface area (Å²) in [5.74, 6) is -0.153. The molecule has 2 aromatic rings. The van der Waals surface area contributed by atoms with Crippen LogP contribution >= 0.6 is 0 Å². The number of nitrogens with zero attached hydrogens (tertiary/aromatic N) is 3. The Bertz CT molecular complexity index is 733. The molecule has 0 radical (unpaired) electrons. The van der Waals surface area contributed by atoms with E-state index in [1.54, 1.807) is 19.3 Å². The molecule has 2 amide bonds. The minimum Gasteiger partial charge on any atom is -0.396 e. The Kier molecular flexibility index (Phi) is 2.90. The van der Waals surface area contributed by atoms with Gasteiger partial charge in [-0.2, -0.15) is 0 Å². The van der Waals surface area contributed by atoms with Crippen LogP contribution in [0.5, 0.6) is 0 Å². The molecule has 1 aliphatic rings. The summed E-state index contributed by atoms with van der Waals surface area (Å²) in [4.78, 5) is 19.5. The lowest BCUT2D eigenvalue weighted by molar-refractivity contribution is 0.251. The molecule has 0 bridgehead atoms. The highest BCUT2D eigenvalue weighted by Crippen LogP contribution is 2.32. The van der Waals surface area contributed by atoms with E-state index in [1.807, 2.05) is 0 Å². The summed E-state index contributed by atoms with van der Waals surface area (Å²) >= 11 is 0. The zero-order valence-corrected chi connectivity index (χ0v) is 11.4. The Labute approximate surface area is 120 Å². The third-order valence-corrected chi connectivity index (χ3v) is 3.48. The monoisotopic (exact) mass is 287 g/mol. The molecule has 0 saturated heterocycles. The number of anilines is 4. The number of hydrogen-bond acceptors (Lipinski definition) is 4. The van der Waals surface area contributed by atoms with Gasteiger partial charge in [-0.25, -0.2) is 14.2 Å². The molecule has 7 heteroatoms. The minimum absolute atomic E-state index is 0.00387. The second-order valence-corrected chi connectivity index (χ2v) is 4.87. The lowest BCUT2D eigenvalue weighted by atomic mass is 10.1. The van der Waals surface area contributed by atoms with Crippen molar-refractivity contribution >= 4 is 28.9 Å². The smallest absolute Gasteiger partial charge is 0.329 e. The number of carbonyl (C=O) groups is 1. The predicted octanol–water partition coefficient (Wildman–Crippen LogP) is 1.96. The van der Waals surface area contributed by atoms with Crippen molar-refractivity contribution in [2.45, 2.75) is 6.54 Å². The first-order chi connectivity index (χ1) is 9.97. The maximum atomic E-state index is 13.3. The Balaban J connectivity index is 2.04. The molecule has 1 aliphatic heterocycles. The number of halogens is 1. The number of nitrogens with two attached hydrogens (primary N) is 2. The van der Waals surface area contributed by atoms with Gasteiger partial charge in [-0.1, -0.05) is 0 Å². The van der Waals surface area contributed by atoms with Crippen LogP contribution in [0.2, 0.25) is 0 Å². The standard InChI is InChI=1S/C14H14FN5O/c1-19-12-5-13(17)18-6-8(12)7-20(14(19)21)9-2-3-10(15)11(16)4-9/h2-6H,7,16H2,1H3,(H2,17,18). The molecule has 1 aromatic heterocycles. The van der Waals surface area contributed by atoms with Gasteiger partial charge < -0.3 is 11.5 Å². The summed E-state index contributed by atoms with van der Waals surface area (Å²) in [5, 5.41) is 0. The quantitative estimate of drug-likeness (QED) is 0.785. The number of nitrogen functional groups attached to an aromatic ring is 2. The van der Waals surface area contributed by atoms with Gasteiger partial charge in [0, 0.05) is 30.6 Å². The molecule has 108 valence electrons. The van der Waals surface area contributed by atoms with Crippen LogP contribution in [0.4, 0.5) is 32.1 Å². The average Bonchev–Trinajstić information content (AvgIpc) is 2.46. The number of benzene rings is 1. The van der Waals surface area contributed by atoms with Crippen LogP contribution in [0.1, 0.15) is 5.56 Å². The molecule has 1 aromatic carbocycles. The van der Waals surface area contributed by atoms with Gasteiger partial charge >= 0.3 is 6.03 Å². The van der Waals surface area contributed by atoms with Crippen molar-refractivity contribution in [2.24, 2.45) is 0 Å². The van der Waals surface area contributed by atoms with Crippen LogP contribution in [0.25, 0.3) is 0 Å². The topological polar surface area (TPSA) is 88.5 Å². The highest BCUT2D eigenvalue weighted by molar-refractivity contribution is 6.06. The van der Waals surface area contributed by atoms with Crippen LogP contribution in [0.15, 0.2) is 30.5 Å². The number of urea groups is 1. The van der Waals surface area contributed by atoms with E-state index < -0.39 is 5.82 Å². The molecular formula is C14H14FN5O. The minimum atomic E-state index is -0.508. The largest absolute Gasteiger partial charge is 0.396 e. The highest BCUT2D eigenvalue weighted by Gasteiger charge is 2.29. The zero-order valence-electron chi connectivity index (χ0n) is 11.4. The number of amides is 2. The Morgan fingerprint density at radius 3 is 2.76 bits per heavy atom. The van der Waals surface area contributed by atoms with Gasteiger partial charge in [0.05, 0.1) is 17.9 Å². The van der Waals surface area contributed by atoms with E-state index in [-0.39, 0.29) is 11.7 Å². The molecule has 3 rings (SSSR count). The molecule has 2 heterocycles. The van der Waals surface area contributed by atoms with Gasteiger partial charge in [-0.3, -0.25) is 9.80 Å². The number of pyridine rings is 1. The van der Waals surface area contributed by atoms with Crippen molar-refractivity contribution in [3.8, 4) is 0 Å². The normalized spacial score (nSPS) is 14.3. The maximum Gasteiger partial charge on any atom is 0.329 e. The summed E-state index contributed by atoms with van der Waals surface area (Å²) in [6.45, 7) is 0.330. The SMILES string of the molecule is CN1C(=O)N(c2ccc(F)c(N)c2)Cc2cnc(N)cc21. The van der Waals surface area contributed by atoms with Crippen molar-refractivity contribution in [1.82, 2.24) is 4.98 Å². The van der Waals surface area contributed by atoms with Crippen LogP contribution in [-0.4, -0.2) is 18.1 Å². The maximum absolute atomic E-state index is 13.3. The molecule has 4 N–H and O–H groups in total. The van der Waals surface area contributed by atoms with E-state index in [0.29, 0.717) is 18.1 Å².